The molecule has 138 valence electrons. The van der Waals surface area contributed by atoms with Crippen LogP contribution in [-0.2, 0) is 9.53 Å². The van der Waals surface area contributed by atoms with Gasteiger partial charge in [-0.3, -0.25) is 4.79 Å². The average Bonchev–Trinajstić information content (AvgIpc) is 2.65. The minimum absolute atomic E-state index is 0.306. The molecule has 5 nitrogen and oxygen atoms in total. The van der Waals surface area contributed by atoms with Crippen molar-refractivity contribution in [2.45, 2.75) is 33.1 Å². The molecule has 0 aliphatic carbocycles. The first kappa shape index (κ1) is 19.5. The summed E-state index contributed by atoms with van der Waals surface area (Å²) in [7, 11) is 1.49. The molecule has 0 unspecified atom stereocenters. The summed E-state index contributed by atoms with van der Waals surface area (Å²) < 4.78 is 10.3. The average molecular weight is 355 g/mol. The molecule has 0 fully saturated rings. The van der Waals surface area contributed by atoms with Gasteiger partial charge < -0.3 is 14.8 Å². The fraction of sp³-hybridized carbons (Fsp3) is 0.333. The van der Waals surface area contributed by atoms with E-state index >= 15 is 0 Å². The lowest BCUT2D eigenvalue weighted by Gasteiger charge is -2.15. The minimum Gasteiger partial charge on any atom is -0.496 e. The number of hydrogen-bond acceptors (Lipinski definition) is 4. The highest BCUT2D eigenvalue weighted by atomic mass is 16.5. The quantitative estimate of drug-likeness (QED) is 0.752. The number of para-hydroxylation sites is 1. The summed E-state index contributed by atoms with van der Waals surface area (Å²) in [6, 6.07) is 12.9. The summed E-state index contributed by atoms with van der Waals surface area (Å²) in [4.78, 5) is 24.5. The van der Waals surface area contributed by atoms with Crippen LogP contribution in [0.2, 0.25) is 0 Å². The van der Waals surface area contributed by atoms with Gasteiger partial charge in [0.1, 0.15) is 11.3 Å². The van der Waals surface area contributed by atoms with Crippen LogP contribution in [0.15, 0.2) is 42.5 Å². The summed E-state index contributed by atoms with van der Waals surface area (Å²) in [6.07, 6.45) is 0.967. The summed E-state index contributed by atoms with van der Waals surface area (Å²) in [6.45, 7) is 5.72. The predicted octanol–water partition coefficient (Wildman–Crippen LogP) is 4.31. The highest BCUT2D eigenvalue weighted by Gasteiger charge is 2.16. The van der Waals surface area contributed by atoms with Gasteiger partial charge in [-0.05, 0) is 43.0 Å². The molecule has 0 heterocycles. The number of hydrogen-bond donors (Lipinski definition) is 1. The number of rotatable bonds is 7. The Morgan fingerprint density at radius 1 is 1.15 bits per heavy atom. The number of methoxy groups -OCH3 is 1. The van der Waals surface area contributed by atoms with Crippen LogP contribution in [0, 0.1) is 6.92 Å². The van der Waals surface area contributed by atoms with Crippen molar-refractivity contribution in [3.63, 3.8) is 0 Å². The van der Waals surface area contributed by atoms with Crippen LogP contribution in [0.4, 0.5) is 5.69 Å². The molecule has 0 saturated carbocycles. The monoisotopic (exact) mass is 355 g/mol. The van der Waals surface area contributed by atoms with E-state index in [1.54, 1.807) is 12.1 Å². The third kappa shape index (κ3) is 4.85. The Morgan fingerprint density at radius 3 is 2.58 bits per heavy atom. The molecular weight excluding hydrogens is 330 g/mol. The lowest BCUT2D eigenvalue weighted by atomic mass is 9.97. The van der Waals surface area contributed by atoms with Crippen LogP contribution in [0.1, 0.15) is 47.7 Å². The summed E-state index contributed by atoms with van der Waals surface area (Å²) in [5.74, 6) is -0.217. The molecule has 2 aromatic carbocycles. The van der Waals surface area contributed by atoms with Crippen LogP contribution < -0.4 is 10.1 Å². The van der Waals surface area contributed by atoms with Crippen molar-refractivity contribution in [2.75, 3.05) is 19.0 Å². The van der Waals surface area contributed by atoms with Gasteiger partial charge in [0.25, 0.3) is 5.91 Å². The van der Waals surface area contributed by atoms with E-state index in [2.05, 4.69) is 19.2 Å². The zero-order valence-electron chi connectivity index (χ0n) is 15.7. The first-order chi connectivity index (χ1) is 12.5. The lowest BCUT2D eigenvalue weighted by Crippen LogP contribution is -2.22. The van der Waals surface area contributed by atoms with E-state index in [1.807, 2.05) is 37.3 Å². The molecule has 0 saturated heterocycles. The Labute approximate surface area is 154 Å². The number of ether oxygens (including phenoxy) is 2. The number of aryl methyl sites for hydroxylation is 1. The highest BCUT2D eigenvalue weighted by molar-refractivity contribution is 5.97. The van der Waals surface area contributed by atoms with Gasteiger partial charge in [0.2, 0.25) is 0 Å². The Balaban J connectivity index is 2.02. The molecule has 1 atom stereocenters. The van der Waals surface area contributed by atoms with Crippen molar-refractivity contribution < 1.29 is 19.1 Å². The van der Waals surface area contributed by atoms with Gasteiger partial charge in [0, 0.05) is 5.69 Å². The Bertz CT molecular complexity index is 785. The summed E-state index contributed by atoms with van der Waals surface area (Å²) in [5, 5.41) is 2.83. The number of nitrogens with one attached hydrogen (secondary N) is 1. The van der Waals surface area contributed by atoms with Crippen molar-refractivity contribution in [1.82, 2.24) is 0 Å². The van der Waals surface area contributed by atoms with E-state index in [4.69, 9.17) is 9.47 Å². The standard InChI is InChI=1S/C21H25NO4/c1-5-15(3)16-8-6-7-9-18(16)22-20(23)13-26-21(24)17-12-14(2)10-11-19(17)25-4/h6-12,15H,5,13H2,1-4H3,(H,22,23)/t15-/m0/s1. The van der Waals surface area contributed by atoms with Gasteiger partial charge in [0.05, 0.1) is 7.11 Å². The van der Waals surface area contributed by atoms with Crippen molar-refractivity contribution in [3.05, 3.63) is 59.2 Å². The Kier molecular flexibility index (Phi) is 6.78. The number of carbonyl (C=O) groups is 2. The van der Waals surface area contributed by atoms with Crippen LogP contribution in [0.25, 0.3) is 0 Å². The van der Waals surface area contributed by atoms with Crippen LogP contribution in [-0.4, -0.2) is 25.6 Å². The third-order valence-corrected chi connectivity index (χ3v) is 4.29. The normalized spacial score (nSPS) is 11.5. The Hall–Kier alpha value is -2.82. The molecule has 0 bridgehead atoms. The number of carbonyl (C=O) groups excluding carboxylic acids is 2. The molecule has 0 aromatic heterocycles. The van der Waals surface area contributed by atoms with E-state index in [0.717, 1.165) is 23.2 Å². The zero-order chi connectivity index (χ0) is 19.1. The van der Waals surface area contributed by atoms with Crippen molar-refractivity contribution in [3.8, 4) is 5.75 Å². The molecule has 0 aliphatic rings. The number of amides is 1. The maximum absolute atomic E-state index is 12.3. The molecular formula is C21H25NO4. The molecule has 1 amide bonds. The van der Waals surface area contributed by atoms with E-state index in [1.165, 1.54) is 7.11 Å². The smallest absolute Gasteiger partial charge is 0.342 e. The molecule has 0 aliphatic heterocycles. The van der Waals surface area contributed by atoms with Crippen LogP contribution in [0.3, 0.4) is 0 Å². The predicted molar refractivity (Wildman–Crippen MR) is 102 cm³/mol. The van der Waals surface area contributed by atoms with Gasteiger partial charge in [-0.25, -0.2) is 4.79 Å². The van der Waals surface area contributed by atoms with Gasteiger partial charge in [-0.15, -0.1) is 0 Å². The van der Waals surface area contributed by atoms with Gasteiger partial charge >= 0.3 is 5.97 Å². The van der Waals surface area contributed by atoms with Gasteiger partial charge in [0.15, 0.2) is 6.61 Å². The van der Waals surface area contributed by atoms with Crippen molar-refractivity contribution in [1.29, 1.82) is 0 Å². The second-order valence-electron chi connectivity index (χ2n) is 6.22. The molecule has 26 heavy (non-hydrogen) atoms. The zero-order valence-corrected chi connectivity index (χ0v) is 15.7. The maximum Gasteiger partial charge on any atom is 0.342 e. The first-order valence-electron chi connectivity index (χ1n) is 8.66. The summed E-state index contributed by atoms with van der Waals surface area (Å²) >= 11 is 0. The fourth-order valence-electron chi connectivity index (χ4n) is 2.64. The Morgan fingerprint density at radius 2 is 1.88 bits per heavy atom. The molecule has 2 aromatic rings. The second-order valence-corrected chi connectivity index (χ2v) is 6.22. The molecule has 1 N–H and O–H groups in total. The molecule has 0 radical (unpaired) electrons. The lowest BCUT2D eigenvalue weighted by molar-refractivity contribution is -0.119. The van der Waals surface area contributed by atoms with Crippen molar-refractivity contribution >= 4 is 17.6 Å². The molecule has 5 heteroatoms. The number of anilines is 1. The van der Waals surface area contributed by atoms with E-state index < -0.39 is 5.97 Å². The van der Waals surface area contributed by atoms with Crippen LogP contribution >= 0.6 is 0 Å². The van der Waals surface area contributed by atoms with E-state index in [9.17, 15) is 9.59 Å². The minimum atomic E-state index is -0.587. The van der Waals surface area contributed by atoms with Gasteiger partial charge in [-0.2, -0.15) is 0 Å². The first-order valence-corrected chi connectivity index (χ1v) is 8.66. The van der Waals surface area contributed by atoms with E-state index in [-0.39, 0.29) is 12.5 Å². The third-order valence-electron chi connectivity index (χ3n) is 4.29. The molecule has 2 rings (SSSR count). The fourth-order valence-corrected chi connectivity index (χ4v) is 2.64. The number of esters is 1. The van der Waals surface area contributed by atoms with Gasteiger partial charge in [-0.1, -0.05) is 43.7 Å². The molecule has 0 spiro atoms. The highest BCUT2D eigenvalue weighted by Crippen LogP contribution is 2.26. The largest absolute Gasteiger partial charge is 0.496 e. The topological polar surface area (TPSA) is 64.6 Å². The van der Waals surface area contributed by atoms with Crippen molar-refractivity contribution in [2.24, 2.45) is 0 Å². The maximum atomic E-state index is 12.3. The number of benzene rings is 2. The second kappa shape index (κ2) is 9.04. The van der Waals surface area contributed by atoms with Crippen LogP contribution in [0.5, 0.6) is 5.75 Å². The summed E-state index contributed by atoms with van der Waals surface area (Å²) in [5.41, 5.74) is 3.02. The van der Waals surface area contributed by atoms with E-state index in [0.29, 0.717) is 17.2 Å². The SMILES string of the molecule is CC[C@H](C)c1ccccc1NC(=O)COC(=O)c1cc(C)ccc1OC.